The van der Waals surface area contributed by atoms with E-state index < -0.39 is 0 Å². The fourth-order valence-electron chi connectivity index (χ4n) is 3.46. The molecule has 0 aliphatic carbocycles. The summed E-state index contributed by atoms with van der Waals surface area (Å²) in [7, 11) is 1.56. The van der Waals surface area contributed by atoms with Gasteiger partial charge in [-0.25, -0.2) is 0 Å². The molecule has 26 heavy (non-hydrogen) atoms. The van der Waals surface area contributed by atoms with E-state index in [4.69, 9.17) is 9.47 Å². The van der Waals surface area contributed by atoms with E-state index in [0.717, 1.165) is 18.5 Å². The van der Waals surface area contributed by atoms with Crippen molar-refractivity contribution in [1.29, 1.82) is 0 Å². The molecular formula is C21H26N2O3. The van der Waals surface area contributed by atoms with Crippen LogP contribution in [0.2, 0.25) is 0 Å². The average Bonchev–Trinajstić information content (AvgIpc) is 2.69. The lowest BCUT2D eigenvalue weighted by Crippen LogP contribution is -2.48. The van der Waals surface area contributed by atoms with Crippen molar-refractivity contribution in [2.45, 2.75) is 25.6 Å². The summed E-state index contributed by atoms with van der Waals surface area (Å²) in [6, 6.07) is 16.2. The molecule has 2 heterocycles. The summed E-state index contributed by atoms with van der Waals surface area (Å²) in [5.74, 6) is 0.310. The van der Waals surface area contributed by atoms with E-state index in [-0.39, 0.29) is 24.5 Å². The number of ether oxygens (including phenoxy) is 2. The maximum Gasteiger partial charge on any atom is 0.248 e. The van der Waals surface area contributed by atoms with Crippen LogP contribution in [-0.2, 0) is 27.3 Å². The first-order valence-corrected chi connectivity index (χ1v) is 9.08. The Bertz CT molecular complexity index is 678. The van der Waals surface area contributed by atoms with Crippen LogP contribution in [0.1, 0.15) is 17.7 Å². The van der Waals surface area contributed by atoms with Crippen molar-refractivity contribution in [2.75, 3.05) is 26.8 Å². The third-order valence-electron chi connectivity index (χ3n) is 4.80. The van der Waals surface area contributed by atoms with E-state index >= 15 is 0 Å². The number of amides is 1. The van der Waals surface area contributed by atoms with E-state index in [0.29, 0.717) is 19.7 Å². The Morgan fingerprint density at radius 3 is 2.73 bits per heavy atom. The second-order valence-corrected chi connectivity index (χ2v) is 6.68. The van der Waals surface area contributed by atoms with Gasteiger partial charge in [-0.1, -0.05) is 36.4 Å². The van der Waals surface area contributed by atoms with Crippen LogP contribution in [0.5, 0.6) is 0 Å². The van der Waals surface area contributed by atoms with E-state index in [1.165, 1.54) is 5.56 Å². The molecule has 1 aromatic heterocycles. The first-order chi connectivity index (χ1) is 12.8. The second kappa shape index (κ2) is 9.46. The Morgan fingerprint density at radius 2 is 2.00 bits per heavy atom. The molecule has 0 N–H and O–H groups in total. The number of nitrogens with zero attached hydrogens (tertiary/aromatic N) is 2. The molecule has 2 atom stereocenters. The van der Waals surface area contributed by atoms with Crippen LogP contribution in [-0.4, -0.2) is 48.7 Å². The molecule has 3 rings (SSSR count). The molecule has 0 unspecified atom stereocenters. The van der Waals surface area contributed by atoms with Crippen LogP contribution in [0.25, 0.3) is 0 Å². The van der Waals surface area contributed by atoms with Crippen molar-refractivity contribution in [3.05, 3.63) is 66.0 Å². The summed E-state index contributed by atoms with van der Waals surface area (Å²) in [4.78, 5) is 18.5. The van der Waals surface area contributed by atoms with Gasteiger partial charge in [0.25, 0.3) is 0 Å². The molecule has 5 heteroatoms. The second-order valence-electron chi connectivity index (χ2n) is 6.68. The summed E-state index contributed by atoms with van der Waals surface area (Å²) in [6.07, 6.45) is 3.62. The molecule has 0 bridgehead atoms. The molecular weight excluding hydrogens is 328 g/mol. The zero-order chi connectivity index (χ0) is 18.2. The lowest BCUT2D eigenvalue weighted by Gasteiger charge is -2.38. The predicted octanol–water partition coefficient (Wildman–Crippen LogP) is 2.70. The zero-order valence-corrected chi connectivity index (χ0v) is 15.2. The molecule has 0 saturated carbocycles. The van der Waals surface area contributed by atoms with Gasteiger partial charge in [-0.2, -0.15) is 0 Å². The van der Waals surface area contributed by atoms with Gasteiger partial charge in [-0.15, -0.1) is 0 Å². The first kappa shape index (κ1) is 18.5. The molecule has 1 aliphatic rings. The van der Waals surface area contributed by atoms with E-state index in [1.54, 1.807) is 13.3 Å². The predicted molar refractivity (Wildman–Crippen MR) is 99.5 cm³/mol. The van der Waals surface area contributed by atoms with E-state index in [2.05, 4.69) is 29.2 Å². The van der Waals surface area contributed by atoms with Crippen molar-refractivity contribution in [3.8, 4) is 0 Å². The van der Waals surface area contributed by atoms with Gasteiger partial charge in [0.1, 0.15) is 6.61 Å². The highest BCUT2D eigenvalue weighted by molar-refractivity contribution is 5.77. The Labute approximate surface area is 155 Å². The summed E-state index contributed by atoms with van der Waals surface area (Å²) < 4.78 is 11.2. The number of aromatic nitrogens is 1. The molecule has 1 amide bonds. The summed E-state index contributed by atoms with van der Waals surface area (Å²) in [6.45, 7) is 2.05. The lowest BCUT2D eigenvalue weighted by molar-refractivity contribution is -0.140. The van der Waals surface area contributed by atoms with Gasteiger partial charge in [0.15, 0.2) is 0 Å². The quantitative estimate of drug-likeness (QED) is 0.767. The fourth-order valence-corrected chi connectivity index (χ4v) is 3.46. The molecule has 1 aliphatic heterocycles. The van der Waals surface area contributed by atoms with Crippen LogP contribution >= 0.6 is 0 Å². The maximum atomic E-state index is 12.2. The highest BCUT2D eigenvalue weighted by Crippen LogP contribution is 2.25. The van der Waals surface area contributed by atoms with E-state index in [9.17, 15) is 4.79 Å². The van der Waals surface area contributed by atoms with Crippen molar-refractivity contribution >= 4 is 5.91 Å². The molecule has 0 radical (unpaired) electrons. The number of hydrogen-bond acceptors (Lipinski definition) is 4. The van der Waals surface area contributed by atoms with Crippen LogP contribution in [0.15, 0.2) is 54.7 Å². The third-order valence-corrected chi connectivity index (χ3v) is 4.80. The highest BCUT2D eigenvalue weighted by atomic mass is 16.5. The van der Waals surface area contributed by atoms with Crippen LogP contribution in [0.4, 0.5) is 0 Å². The number of carbonyl (C=O) groups is 1. The van der Waals surface area contributed by atoms with Crippen LogP contribution < -0.4 is 0 Å². The average molecular weight is 354 g/mol. The maximum absolute atomic E-state index is 12.2. The van der Waals surface area contributed by atoms with Gasteiger partial charge in [0, 0.05) is 32.3 Å². The minimum absolute atomic E-state index is 0.0498. The normalized spacial score (nSPS) is 20.1. The standard InChI is InChI=1S/C21H26N2O3/c1-25-16-21(24)23-12-10-20(26-15-19-9-5-6-11-22-19)18(14-23)13-17-7-3-2-4-8-17/h2-9,11,18,20H,10,12-16H2,1H3/t18-,20+/m1/s1. The van der Waals surface area contributed by atoms with Gasteiger partial charge < -0.3 is 14.4 Å². The van der Waals surface area contributed by atoms with Crippen LogP contribution in [0, 0.1) is 5.92 Å². The zero-order valence-electron chi connectivity index (χ0n) is 15.2. The molecule has 1 saturated heterocycles. The summed E-state index contributed by atoms with van der Waals surface area (Å²) in [5, 5.41) is 0. The van der Waals surface area contributed by atoms with Crippen molar-refractivity contribution in [1.82, 2.24) is 9.88 Å². The van der Waals surface area contributed by atoms with Crippen molar-refractivity contribution in [3.63, 3.8) is 0 Å². The lowest BCUT2D eigenvalue weighted by atomic mass is 9.88. The number of hydrogen-bond donors (Lipinski definition) is 0. The van der Waals surface area contributed by atoms with Crippen molar-refractivity contribution < 1.29 is 14.3 Å². The molecule has 1 fully saturated rings. The van der Waals surface area contributed by atoms with Crippen LogP contribution in [0.3, 0.4) is 0 Å². The number of likely N-dealkylation sites (tertiary alicyclic amines) is 1. The Kier molecular flexibility index (Phi) is 6.75. The summed E-state index contributed by atoms with van der Waals surface area (Å²) >= 11 is 0. The number of piperidine rings is 1. The fraction of sp³-hybridized carbons (Fsp3) is 0.429. The number of methoxy groups -OCH3 is 1. The minimum Gasteiger partial charge on any atom is -0.375 e. The molecule has 138 valence electrons. The topological polar surface area (TPSA) is 51.7 Å². The largest absolute Gasteiger partial charge is 0.375 e. The Morgan fingerprint density at radius 1 is 1.19 bits per heavy atom. The van der Waals surface area contributed by atoms with Gasteiger partial charge in [-0.3, -0.25) is 9.78 Å². The number of benzene rings is 1. The smallest absolute Gasteiger partial charge is 0.248 e. The number of rotatable bonds is 7. The SMILES string of the molecule is COCC(=O)N1CC[C@H](OCc2ccccn2)[C@H](Cc2ccccc2)C1. The monoisotopic (exact) mass is 354 g/mol. The molecule has 5 nitrogen and oxygen atoms in total. The number of carbonyl (C=O) groups excluding carboxylic acids is 1. The highest BCUT2D eigenvalue weighted by Gasteiger charge is 2.32. The molecule has 2 aromatic rings. The Balaban J connectivity index is 1.66. The van der Waals surface area contributed by atoms with Gasteiger partial charge >= 0.3 is 0 Å². The van der Waals surface area contributed by atoms with E-state index in [1.807, 2.05) is 29.2 Å². The van der Waals surface area contributed by atoms with Gasteiger partial charge in [0.2, 0.25) is 5.91 Å². The van der Waals surface area contributed by atoms with Gasteiger partial charge in [-0.05, 0) is 30.5 Å². The third kappa shape index (κ3) is 5.13. The van der Waals surface area contributed by atoms with Crippen molar-refractivity contribution in [2.24, 2.45) is 5.92 Å². The van der Waals surface area contributed by atoms with Gasteiger partial charge in [0.05, 0.1) is 18.4 Å². The minimum atomic E-state index is 0.0498. The summed E-state index contributed by atoms with van der Waals surface area (Å²) in [5.41, 5.74) is 2.20. The first-order valence-electron chi connectivity index (χ1n) is 9.08. The Hall–Kier alpha value is -2.24. The molecule has 1 aromatic carbocycles. The molecule has 0 spiro atoms. The number of pyridine rings is 1.